The molecule has 0 radical (unpaired) electrons. The van der Waals surface area contributed by atoms with Gasteiger partial charge in [-0.3, -0.25) is 4.79 Å². The van der Waals surface area contributed by atoms with Crippen molar-refractivity contribution in [2.75, 3.05) is 13.2 Å². The van der Waals surface area contributed by atoms with Crippen LogP contribution >= 0.6 is 0 Å². The van der Waals surface area contributed by atoms with Crippen molar-refractivity contribution in [3.8, 4) is 22.6 Å². The number of fused-ring (bicyclic) bond motifs is 5. The number of ether oxygens (including phenoxy) is 3. The van der Waals surface area contributed by atoms with Gasteiger partial charge < -0.3 is 14.2 Å². The fraction of sp³-hybridized carbons (Fsp3) is 0.706. The van der Waals surface area contributed by atoms with Gasteiger partial charge in [0.15, 0.2) is 0 Å². The van der Waals surface area contributed by atoms with Crippen LogP contribution in [0.25, 0.3) is 11.1 Å². The summed E-state index contributed by atoms with van der Waals surface area (Å²) in [6, 6.07) is 16.7. The Kier molecular flexibility index (Phi) is 14.9. The Morgan fingerprint density at radius 2 is 1.38 bits per heavy atom. The van der Waals surface area contributed by atoms with Gasteiger partial charge in [0.25, 0.3) is 0 Å². The van der Waals surface area contributed by atoms with Crippen LogP contribution in [0.15, 0.2) is 60.2 Å². The van der Waals surface area contributed by atoms with Crippen LogP contribution in [0.1, 0.15) is 164 Å². The number of unbranched alkanes of at least 4 members (excludes halogenated alkanes) is 5. The van der Waals surface area contributed by atoms with Crippen molar-refractivity contribution in [1.82, 2.24) is 0 Å². The quantitative estimate of drug-likeness (QED) is 0.0767. The first-order valence-corrected chi connectivity index (χ1v) is 23.0. The molecule has 4 aliphatic carbocycles. The van der Waals surface area contributed by atoms with E-state index < -0.39 is 0 Å². The topological polar surface area (TPSA) is 44.8 Å². The van der Waals surface area contributed by atoms with Crippen LogP contribution in [0, 0.1) is 46.3 Å². The Morgan fingerprint density at radius 3 is 2.04 bits per heavy atom. The molecule has 0 unspecified atom stereocenters. The van der Waals surface area contributed by atoms with Crippen molar-refractivity contribution in [2.45, 2.75) is 170 Å². The van der Waals surface area contributed by atoms with Gasteiger partial charge in [0.05, 0.1) is 13.2 Å². The highest BCUT2D eigenvalue weighted by Gasteiger charge is 2.59. The fourth-order valence-electron chi connectivity index (χ4n) is 11.9. The van der Waals surface area contributed by atoms with Gasteiger partial charge in [0.1, 0.15) is 17.6 Å². The molecule has 0 amide bonds. The molecule has 55 heavy (non-hydrogen) atoms. The molecule has 0 bridgehead atoms. The molecule has 2 aromatic rings. The number of hydrogen-bond donors (Lipinski definition) is 0. The molecular weight excluding hydrogens is 677 g/mol. The van der Waals surface area contributed by atoms with Crippen molar-refractivity contribution in [1.29, 1.82) is 0 Å². The lowest BCUT2D eigenvalue weighted by Gasteiger charge is -2.58. The molecule has 3 saturated carbocycles. The molecule has 0 spiro atoms. The second-order valence-electron chi connectivity index (χ2n) is 19.3. The van der Waals surface area contributed by atoms with Crippen LogP contribution in [-0.4, -0.2) is 25.3 Å². The maximum absolute atomic E-state index is 12.9. The summed E-state index contributed by atoms with van der Waals surface area (Å²) in [5, 5.41) is 0. The Balaban J connectivity index is 0.863. The molecule has 0 aromatic heterocycles. The summed E-state index contributed by atoms with van der Waals surface area (Å²) in [6.45, 7) is 16.3. The molecule has 2 aromatic carbocycles. The van der Waals surface area contributed by atoms with E-state index in [4.69, 9.17) is 14.2 Å². The third kappa shape index (κ3) is 10.4. The van der Waals surface area contributed by atoms with Crippen LogP contribution in [0.4, 0.5) is 0 Å². The zero-order chi connectivity index (χ0) is 38.8. The maximum atomic E-state index is 12.9. The second kappa shape index (κ2) is 19.6. The van der Waals surface area contributed by atoms with E-state index in [1.165, 1.54) is 81.8 Å². The summed E-state index contributed by atoms with van der Waals surface area (Å²) in [6.07, 6.45) is 25.1. The third-order valence-corrected chi connectivity index (χ3v) is 15.2. The first kappa shape index (κ1) is 41.9. The standard InChI is InChI=1S/C51H76O4/c1-7-8-12-34-53-42-23-18-39(19-24-42)40-20-25-43(26-21-40)54-35-13-10-9-11-17-49(52)55-44-30-32-50(5)41(36-44)22-27-45-47-29-28-46(38(4)16-14-15-37(2)3)51(47,6)33-31-48(45)50/h18-26,37-38,44-48H,7-17,27-36H2,1-6H3/t38-,44+,45+,46-,47+,48+,50+,51-/m1/s1. The van der Waals surface area contributed by atoms with Gasteiger partial charge in [-0.15, -0.1) is 0 Å². The molecule has 3 fully saturated rings. The molecule has 0 saturated heterocycles. The summed E-state index contributed by atoms with van der Waals surface area (Å²) < 4.78 is 18.0. The number of carbonyl (C=O) groups excluding carboxylic acids is 1. The zero-order valence-electron chi connectivity index (χ0n) is 35.7. The minimum Gasteiger partial charge on any atom is -0.494 e. The first-order valence-electron chi connectivity index (χ1n) is 23.0. The number of carbonyl (C=O) groups is 1. The van der Waals surface area contributed by atoms with Crippen molar-refractivity contribution in [3.63, 3.8) is 0 Å². The number of hydrogen-bond acceptors (Lipinski definition) is 4. The van der Waals surface area contributed by atoms with Crippen LogP contribution in [0.3, 0.4) is 0 Å². The molecule has 4 nitrogen and oxygen atoms in total. The van der Waals surface area contributed by atoms with E-state index in [1.54, 1.807) is 5.57 Å². The number of esters is 1. The normalized spacial score (nSPS) is 29.1. The molecule has 0 heterocycles. The van der Waals surface area contributed by atoms with Gasteiger partial charge >= 0.3 is 5.97 Å². The Morgan fingerprint density at radius 1 is 0.727 bits per heavy atom. The Bertz CT molecular complexity index is 1510. The lowest BCUT2D eigenvalue weighted by Crippen LogP contribution is -2.51. The van der Waals surface area contributed by atoms with Crippen LogP contribution in [0.2, 0.25) is 0 Å². The SMILES string of the molecule is CCCCCOc1ccc(-c2ccc(OCCCCCCC(=O)O[C@H]3CC[C@@]4(C)C(=CC[C@H]5[C@@H]6CC[C@H]([C@H](C)CCCC(C)C)[C@@]6(C)CC[C@@H]54)C3)cc2)cc1. The van der Waals surface area contributed by atoms with Gasteiger partial charge in [-0.1, -0.05) is 122 Å². The lowest BCUT2D eigenvalue weighted by atomic mass is 9.47. The van der Waals surface area contributed by atoms with Crippen LogP contribution in [0.5, 0.6) is 11.5 Å². The lowest BCUT2D eigenvalue weighted by molar-refractivity contribution is -0.151. The van der Waals surface area contributed by atoms with Gasteiger partial charge in [-0.2, -0.15) is 0 Å². The van der Waals surface area contributed by atoms with E-state index in [0.29, 0.717) is 23.9 Å². The van der Waals surface area contributed by atoms with E-state index in [1.807, 2.05) is 0 Å². The van der Waals surface area contributed by atoms with E-state index in [0.717, 1.165) is 98.6 Å². The predicted octanol–water partition coefficient (Wildman–Crippen LogP) is 14.2. The van der Waals surface area contributed by atoms with E-state index >= 15 is 0 Å². The van der Waals surface area contributed by atoms with Gasteiger partial charge in [-0.25, -0.2) is 0 Å². The molecular formula is C51H76O4. The van der Waals surface area contributed by atoms with Crippen molar-refractivity contribution in [2.24, 2.45) is 46.3 Å². The van der Waals surface area contributed by atoms with Gasteiger partial charge in [0.2, 0.25) is 0 Å². The molecule has 8 atom stereocenters. The number of rotatable bonds is 20. The average molecular weight is 753 g/mol. The fourth-order valence-corrected chi connectivity index (χ4v) is 11.9. The third-order valence-electron chi connectivity index (χ3n) is 15.2. The first-order chi connectivity index (χ1) is 26.6. The van der Waals surface area contributed by atoms with Crippen molar-refractivity contribution in [3.05, 3.63) is 60.2 Å². The van der Waals surface area contributed by atoms with E-state index in [-0.39, 0.29) is 12.1 Å². The highest BCUT2D eigenvalue weighted by Crippen LogP contribution is 2.67. The highest BCUT2D eigenvalue weighted by molar-refractivity contribution is 5.69. The second-order valence-corrected chi connectivity index (χ2v) is 19.3. The molecule has 0 N–H and O–H groups in total. The minimum absolute atomic E-state index is 0.00122. The molecule has 0 aliphatic heterocycles. The molecule has 6 rings (SSSR count). The summed E-state index contributed by atoms with van der Waals surface area (Å²) in [5.74, 6) is 6.98. The monoisotopic (exact) mass is 753 g/mol. The molecule has 304 valence electrons. The summed E-state index contributed by atoms with van der Waals surface area (Å²) >= 11 is 0. The summed E-state index contributed by atoms with van der Waals surface area (Å²) in [7, 11) is 0. The highest BCUT2D eigenvalue weighted by atomic mass is 16.5. The van der Waals surface area contributed by atoms with Gasteiger partial charge in [-0.05, 0) is 146 Å². The largest absolute Gasteiger partial charge is 0.494 e. The zero-order valence-corrected chi connectivity index (χ0v) is 35.7. The molecule has 4 heteroatoms. The van der Waals surface area contributed by atoms with Crippen LogP contribution in [-0.2, 0) is 9.53 Å². The Hall–Kier alpha value is -2.75. The number of benzene rings is 2. The van der Waals surface area contributed by atoms with Gasteiger partial charge in [0, 0.05) is 12.8 Å². The predicted molar refractivity (Wildman–Crippen MR) is 228 cm³/mol. The van der Waals surface area contributed by atoms with E-state index in [9.17, 15) is 4.79 Å². The minimum atomic E-state index is 0.00122. The van der Waals surface area contributed by atoms with E-state index in [2.05, 4.69) is 96.1 Å². The smallest absolute Gasteiger partial charge is 0.306 e. The van der Waals surface area contributed by atoms with Crippen molar-refractivity contribution >= 4 is 5.97 Å². The van der Waals surface area contributed by atoms with Crippen LogP contribution < -0.4 is 9.47 Å². The Labute approximate surface area is 336 Å². The average Bonchev–Trinajstić information content (AvgIpc) is 3.54. The maximum Gasteiger partial charge on any atom is 0.306 e. The number of allylic oxidation sites excluding steroid dienone is 1. The summed E-state index contributed by atoms with van der Waals surface area (Å²) in [5.41, 5.74) is 4.80. The summed E-state index contributed by atoms with van der Waals surface area (Å²) in [4.78, 5) is 12.9. The van der Waals surface area contributed by atoms with Crippen molar-refractivity contribution < 1.29 is 19.0 Å². The molecule has 4 aliphatic rings.